The largest absolute Gasteiger partial charge is 0.299 e. The van der Waals surface area contributed by atoms with Crippen molar-refractivity contribution >= 4 is 11.7 Å². The summed E-state index contributed by atoms with van der Waals surface area (Å²) >= 11 is 0. The zero-order chi connectivity index (χ0) is 16.9. The fourth-order valence-corrected chi connectivity index (χ4v) is 5.02. The fourth-order valence-electron chi connectivity index (χ4n) is 5.02. The van der Waals surface area contributed by atoms with E-state index in [2.05, 4.69) is 36.1 Å². The molecule has 0 aromatic heterocycles. The summed E-state index contributed by atoms with van der Waals surface area (Å²) in [5, 5.41) is 0. The number of likely N-dealkylation sites (N-methyl/N-ethyl adjacent to an activating group) is 1. The first-order valence-corrected chi connectivity index (χ1v) is 9.20. The average Bonchev–Trinajstić information content (AvgIpc) is 3.17. The summed E-state index contributed by atoms with van der Waals surface area (Å²) in [5.41, 5.74) is 2.21. The molecule has 3 atom stereocenters. The maximum atomic E-state index is 13.0. The summed E-state index contributed by atoms with van der Waals surface area (Å²) in [5.74, 6) is 2.18. The lowest BCUT2D eigenvalue weighted by Crippen LogP contribution is -2.46. The molecule has 1 aromatic carbocycles. The molecular formula is C20H27N3O. The maximum absolute atomic E-state index is 13.0. The predicted molar refractivity (Wildman–Crippen MR) is 95.9 cm³/mol. The highest BCUT2D eigenvalue weighted by Crippen LogP contribution is 2.50. The van der Waals surface area contributed by atoms with Crippen molar-refractivity contribution in [2.75, 3.05) is 19.6 Å². The molecule has 1 aromatic rings. The number of nitrogens with zero attached hydrogens (tertiary/aromatic N) is 3. The number of hydrogen-bond donors (Lipinski definition) is 0. The van der Waals surface area contributed by atoms with Crippen molar-refractivity contribution in [3.05, 3.63) is 35.4 Å². The number of benzene rings is 1. The third kappa shape index (κ3) is 2.31. The Labute approximate surface area is 144 Å². The highest BCUT2D eigenvalue weighted by Gasteiger charge is 2.60. The third-order valence-corrected chi connectivity index (χ3v) is 6.24. The molecule has 1 saturated carbocycles. The highest BCUT2D eigenvalue weighted by molar-refractivity contribution is 6.07. The van der Waals surface area contributed by atoms with Crippen molar-refractivity contribution < 1.29 is 4.79 Å². The lowest BCUT2D eigenvalue weighted by molar-refractivity contribution is -0.132. The van der Waals surface area contributed by atoms with E-state index in [1.165, 1.54) is 11.1 Å². The Hall–Kier alpha value is -1.68. The van der Waals surface area contributed by atoms with Gasteiger partial charge in [0.2, 0.25) is 0 Å². The Bertz CT molecular complexity index is 681. The van der Waals surface area contributed by atoms with Crippen LogP contribution in [0.2, 0.25) is 0 Å². The van der Waals surface area contributed by atoms with Crippen LogP contribution in [-0.4, -0.2) is 46.7 Å². The van der Waals surface area contributed by atoms with Gasteiger partial charge in [-0.1, -0.05) is 29.8 Å². The molecule has 4 nitrogen and oxygen atoms in total. The van der Waals surface area contributed by atoms with Crippen molar-refractivity contribution in [2.24, 2.45) is 16.8 Å². The second-order valence-electron chi connectivity index (χ2n) is 7.72. The van der Waals surface area contributed by atoms with Crippen LogP contribution in [0.15, 0.2) is 29.3 Å². The van der Waals surface area contributed by atoms with Crippen LogP contribution in [0, 0.1) is 18.8 Å². The molecule has 3 aliphatic rings. The van der Waals surface area contributed by atoms with Gasteiger partial charge in [0, 0.05) is 32.1 Å². The monoisotopic (exact) mass is 325 g/mol. The van der Waals surface area contributed by atoms with Crippen LogP contribution in [0.3, 0.4) is 0 Å². The van der Waals surface area contributed by atoms with Gasteiger partial charge in [-0.25, -0.2) is 0 Å². The van der Waals surface area contributed by atoms with Gasteiger partial charge in [0.15, 0.2) is 0 Å². The van der Waals surface area contributed by atoms with Gasteiger partial charge in [0.1, 0.15) is 11.4 Å². The topological polar surface area (TPSA) is 35.9 Å². The van der Waals surface area contributed by atoms with Gasteiger partial charge in [0.05, 0.1) is 0 Å². The van der Waals surface area contributed by atoms with Gasteiger partial charge in [-0.05, 0) is 45.1 Å². The second kappa shape index (κ2) is 5.69. The van der Waals surface area contributed by atoms with Gasteiger partial charge in [-0.3, -0.25) is 19.6 Å². The molecule has 1 amide bonds. The molecule has 1 saturated heterocycles. The normalized spacial score (nSPS) is 32.7. The molecule has 0 N–H and O–H groups in total. The molecule has 2 heterocycles. The Balaban J connectivity index is 1.52. The minimum Gasteiger partial charge on any atom is -0.299 e. The first-order chi connectivity index (χ1) is 11.5. The SMILES string of the molecule is CCN1C(=O)[C@@]2(CC[C@H]3CN(Cc4ccc(C)cc4)C[C@H]32)N=C1C. The molecular weight excluding hydrogens is 298 g/mol. The lowest BCUT2D eigenvalue weighted by atomic mass is 9.85. The van der Waals surface area contributed by atoms with E-state index in [9.17, 15) is 4.79 Å². The molecule has 0 radical (unpaired) electrons. The number of hydrogen-bond acceptors (Lipinski definition) is 3. The first-order valence-electron chi connectivity index (χ1n) is 9.20. The molecule has 24 heavy (non-hydrogen) atoms. The number of carbonyl (C=O) groups excluding carboxylic acids is 1. The molecule has 1 aliphatic carbocycles. The summed E-state index contributed by atoms with van der Waals surface area (Å²) in [7, 11) is 0. The molecule has 4 heteroatoms. The third-order valence-electron chi connectivity index (χ3n) is 6.24. The zero-order valence-corrected chi connectivity index (χ0v) is 15.0. The number of amides is 1. The smallest absolute Gasteiger partial charge is 0.256 e. The van der Waals surface area contributed by atoms with Crippen molar-refractivity contribution in [2.45, 2.75) is 45.7 Å². The van der Waals surface area contributed by atoms with E-state index in [4.69, 9.17) is 4.99 Å². The number of fused-ring (bicyclic) bond motifs is 2. The summed E-state index contributed by atoms with van der Waals surface area (Å²) in [4.78, 5) is 22.3. The van der Waals surface area contributed by atoms with Crippen LogP contribution in [-0.2, 0) is 11.3 Å². The minimum absolute atomic E-state index is 0.257. The van der Waals surface area contributed by atoms with E-state index in [0.29, 0.717) is 11.8 Å². The van der Waals surface area contributed by atoms with Crippen LogP contribution in [0.4, 0.5) is 0 Å². The molecule has 0 bridgehead atoms. The van der Waals surface area contributed by atoms with Gasteiger partial charge < -0.3 is 0 Å². The van der Waals surface area contributed by atoms with Crippen LogP contribution >= 0.6 is 0 Å². The number of carbonyl (C=O) groups is 1. The zero-order valence-electron chi connectivity index (χ0n) is 15.0. The number of likely N-dealkylation sites (tertiary alicyclic amines) is 1. The molecule has 2 aliphatic heterocycles. The van der Waals surface area contributed by atoms with Crippen LogP contribution in [0.1, 0.15) is 37.8 Å². The van der Waals surface area contributed by atoms with E-state index >= 15 is 0 Å². The van der Waals surface area contributed by atoms with Crippen molar-refractivity contribution in [1.29, 1.82) is 0 Å². The summed E-state index contributed by atoms with van der Waals surface area (Å²) in [6, 6.07) is 8.81. The van der Waals surface area contributed by atoms with Crippen LogP contribution in [0.5, 0.6) is 0 Å². The Morgan fingerprint density at radius 3 is 2.62 bits per heavy atom. The molecule has 1 spiro atoms. The number of aryl methyl sites for hydroxylation is 1. The Kier molecular flexibility index (Phi) is 3.75. The Morgan fingerprint density at radius 2 is 1.96 bits per heavy atom. The Morgan fingerprint density at radius 1 is 1.21 bits per heavy atom. The van der Waals surface area contributed by atoms with Gasteiger partial charge in [-0.15, -0.1) is 0 Å². The van der Waals surface area contributed by atoms with Crippen LogP contribution < -0.4 is 0 Å². The number of aliphatic imine (C=N–C) groups is 1. The van der Waals surface area contributed by atoms with E-state index in [-0.39, 0.29) is 5.91 Å². The maximum Gasteiger partial charge on any atom is 0.256 e. The van der Waals surface area contributed by atoms with E-state index < -0.39 is 5.54 Å². The molecule has 2 fully saturated rings. The van der Waals surface area contributed by atoms with E-state index in [0.717, 1.165) is 44.9 Å². The summed E-state index contributed by atoms with van der Waals surface area (Å²) < 4.78 is 0. The molecule has 0 unspecified atom stereocenters. The number of amidine groups is 1. The second-order valence-corrected chi connectivity index (χ2v) is 7.72. The average molecular weight is 325 g/mol. The molecule has 128 valence electrons. The first kappa shape index (κ1) is 15.8. The highest BCUT2D eigenvalue weighted by atomic mass is 16.2. The number of rotatable bonds is 3. The van der Waals surface area contributed by atoms with E-state index in [1.54, 1.807) is 0 Å². The lowest BCUT2D eigenvalue weighted by Gasteiger charge is -2.28. The summed E-state index contributed by atoms with van der Waals surface area (Å²) in [6.07, 6.45) is 2.07. The molecule has 4 rings (SSSR count). The van der Waals surface area contributed by atoms with Gasteiger partial charge in [0.25, 0.3) is 5.91 Å². The van der Waals surface area contributed by atoms with E-state index in [1.807, 2.05) is 18.7 Å². The predicted octanol–water partition coefficient (Wildman–Crippen LogP) is 2.86. The van der Waals surface area contributed by atoms with Crippen molar-refractivity contribution in [3.8, 4) is 0 Å². The van der Waals surface area contributed by atoms with Gasteiger partial charge in [-0.2, -0.15) is 0 Å². The fraction of sp³-hybridized carbons (Fsp3) is 0.600. The van der Waals surface area contributed by atoms with Gasteiger partial charge >= 0.3 is 0 Å². The van der Waals surface area contributed by atoms with Crippen molar-refractivity contribution in [1.82, 2.24) is 9.80 Å². The quantitative estimate of drug-likeness (QED) is 0.857. The standard InChI is InChI=1S/C20H27N3O/c1-4-23-15(3)21-20(19(23)24)10-9-17-12-22(13-18(17)20)11-16-7-5-14(2)6-8-16/h5-8,17-18H,4,9-13H2,1-3H3/t17-,18+,20-/m0/s1. The van der Waals surface area contributed by atoms with Crippen LogP contribution in [0.25, 0.3) is 0 Å². The minimum atomic E-state index is -0.452. The van der Waals surface area contributed by atoms with Crippen molar-refractivity contribution in [3.63, 3.8) is 0 Å². The summed E-state index contributed by atoms with van der Waals surface area (Å²) in [6.45, 7) is 9.98.